The molecular formula is C18H25ClN6O4. The standard InChI is InChI=1S/C11H13N3O3.C7H11N3O.ClH/c1-4-16-11(15)9-10(17-6-12-9)8-5-14(3)13-7(8)2;1-5-6(7(11)3-8)4-10(2)9-5;/h5-6H,4H2,1-3H3;4H,3,8H2,1-2H3;1H. The zero-order chi connectivity index (χ0) is 20.8. The number of carbonyl (C=O) groups excluding carboxylic acids is 2. The van der Waals surface area contributed by atoms with Crippen molar-refractivity contribution >= 4 is 24.2 Å². The van der Waals surface area contributed by atoms with Crippen LogP contribution >= 0.6 is 12.4 Å². The average molecular weight is 425 g/mol. The predicted octanol–water partition coefficient (Wildman–Crippen LogP) is 1.85. The number of nitrogens with zero attached hydrogens (tertiary/aromatic N) is 5. The normalized spacial score (nSPS) is 10.0. The van der Waals surface area contributed by atoms with Crippen molar-refractivity contribution in [2.45, 2.75) is 20.8 Å². The van der Waals surface area contributed by atoms with Crippen molar-refractivity contribution in [1.82, 2.24) is 24.5 Å². The Kier molecular flexibility index (Phi) is 8.74. The number of halogens is 1. The number of hydrogen-bond acceptors (Lipinski definition) is 8. The molecule has 0 fully saturated rings. The fourth-order valence-corrected chi connectivity index (χ4v) is 2.59. The van der Waals surface area contributed by atoms with E-state index in [1.54, 1.807) is 49.7 Å². The lowest BCUT2D eigenvalue weighted by Crippen LogP contribution is -2.13. The summed E-state index contributed by atoms with van der Waals surface area (Å²) in [7, 11) is 3.58. The largest absolute Gasteiger partial charge is 0.461 e. The van der Waals surface area contributed by atoms with Crippen molar-refractivity contribution in [2.75, 3.05) is 13.2 Å². The zero-order valence-electron chi connectivity index (χ0n) is 17.0. The molecule has 0 spiro atoms. The highest BCUT2D eigenvalue weighted by Crippen LogP contribution is 2.25. The highest BCUT2D eigenvalue weighted by Gasteiger charge is 2.22. The number of carbonyl (C=O) groups is 2. The van der Waals surface area contributed by atoms with Crippen LogP contribution in [0.25, 0.3) is 11.3 Å². The Morgan fingerprint density at radius 3 is 2.24 bits per heavy atom. The Labute approximate surface area is 174 Å². The first kappa shape index (κ1) is 24.1. The average Bonchev–Trinajstić information content (AvgIpc) is 3.33. The number of aromatic nitrogens is 5. The van der Waals surface area contributed by atoms with E-state index in [1.165, 1.54) is 6.39 Å². The van der Waals surface area contributed by atoms with Gasteiger partial charge in [0, 0.05) is 26.5 Å². The van der Waals surface area contributed by atoms with E-state index < -0.39 is 5.97 Å². The Hall–Kier alpha value is -2.98. The number of ether oxygens (including phenoxy) is 1. The van der Waals surface area contributed by atoms with Gasteiger partial charge in [-0.25, -0.2) is 9.78 Å². The molecule has 0 saturated heterocycles. The van der Waals surface area contributed by atoms with Crippen LogP contribution in [0.2, 0.25) is 0 Å². The van der Waals surface area contributed by atoms with Crippen molar-refractivity contribution < 1.29 is 18.7 Å². The van der Waals surface area contributed by atoms with Crippen molar-refractivity contribution in [2.24, 2.45) is 19.8 Å². The summed E-state index contributed by atoms with van der Waals surface area (Å²) in [6, 6.07) is 0. The summed E-state index contributed by atoms with van der Waals surface area (Å²) < 4.78 is 13.4. The number of aryl methyl sites for hydroxylation is 4. The van der Waals surface area contributed by atoms with Gasteiger partial charge in [-0.05, 0) is 20.8 Å². The van der Waals surface area contributed by atoms with E-state index in [4.69, 9.17) is 14.9 Å². The number of Topliss-reactive ketones (excluding diaryl/α,β-unsaturated/α-hetero) is 1. The first-order valence-corrected chi connectivity index (χ1v) is 8.63. The Bertz CT molecular complexity index is 975. The monoisotopic (exact) mass is 424 g/mol. The minimum Gasteiger partial charge on any atom is -0.461 e. The summed E-state index contributed by atoms with van der Waals surface area (Å²) in [6.45, 7) is 5.73. The van der Waals surface area contributed by atoms with Gasteiger partial charge in [0.2, 0.25) is 0 Å². The van der Waals surface area contributed by atoms with E-state index in [-0.39, 0.29) is 30.4 Å². The molecule has 0 aliphatic rings. The highest BCUT2D eigenvalue weighted by atomic mass is 35.5. The molecule has 0 aliphatic heterocycles. The van der Waals surface area contributed by atoms with Gasteiger partial charge >= 0.3 is 5.97 Å². The number of rotatable bonds is 5. The molecule has 2 N–H and O–H groups in total. The number of esters is 1. The van der Waals surface area contributed by atoms with E-state index in [2.05, 4.69) is 15.2 Å². The molecule has 0 bridgehead atoms. The molecule has 158 valence electrons. The Balaban J connectivity index is 0.000000306. The minimum atomic E-state index is -0.487. The first-order chi connectivity index (χ1) is 13.3. The summed E-state index contributed by atoms with van der Waals surface area (Å²) in [6.07, 6.45) is 4.69. The summed E-state index contributed by atoms with van der Waals surface area (Å²) in [5.74, 6) is -0.149. The first-order valence-electron chi connectivity index (χ1n) is 8.63. The molecule has 3 heterocycles. The van der Waals surface area contributed by atoms with Crippen LogP contribution in [0, 0.1) is 13.8 Å². The predicted molar refractivity (Wildman–Crippen MR) is 108 cm³/mol. The number of oxazole rings is 1. The van der Waals surface area contributed by atoms with E-state index in [0.717, 1.165) is 17.0 Å². The molecule has 3 rings (SSSR count). The van der Waals surface area contributed by atoms with E-state index in [0.29, 0.717) is 17.9 Å². The van der Waals surface area contributed by atoms with Crippen LogP contribution < -0.4 is 5.73 Å². The van der Waals surface area contributed by atoms with Crippen molar-refractivity contribution in [3.63, 3.8) is 0 Å². The van der Waals surface area contributed by atoms with Crippen molar-refractivity contribution in [1.29, 1.82) is 0 Å². The highest BCUT2D eigenvalue weighted by molar-refractivity contribution is 5.98. The van der Waals surface area contributed by atoms with Crippen LogP contribution in [-0.4, -0.2) is 49.4 Å². The molecule has 0 unspecified atom stereocenters. The molecule has 0 aromatic carbocycles. The smallest absolute Gasteiger partial charge is 0.360 e. The topological polar surface area (TPSA) is 131 Å². The Morgan fingerprint density at radius 2 is 1.76 bits per heavy atom. The van der Waals surface area contributed by atoms with Crippen LogP contribution in [0.15, 0.2) is 23.2 Å². The maximum Gasteiger partial charge on any atom is 0.360 e. The Morgan fingerprint density at radius 1 is 1.14 bits per heavy atom. The third-order valence-electron chi connectivity index (χ3n) is 3.79. The summed E-state index contributed by atoms with van der Waals surface area (Å²) in [4.78, 5) is 26.6. The van der Waals surface area contributed by atoms with Gasteiger partial charge in [-0.2, -0.15) is 10.2 Å². The lowest BCUT2D eigenvalue weighted by molar-refractivity contribution is 0.0520. The SMILES string of the molecule is CCOC(=O)c1ncoc1-c1cn(C)nc1C.Cc1nn(C)cc1C(=O)CN.Cl. The molecule has 0 amide bonds. The van der Waals surface area contributed by atoms with Gasteiger partial charge in [-0.1, -0.05) is 0 Å². The molecule has 10 nitrogen and oxygen atoms in total. The molecule has 11 heteroatoms. The lowest BCUT2D eigenvalue weighted by atomic mass is 10.2. The van der Waals surface area contributed by atoms with Gasteiger partial charge < -0.3 is 14.9 Å². The summed E-state index contributed by atoms with van der Waals surface area (Å²) in [5, 5.41) is 8.21. The maximum absolute atomic E-state index is 11.6. The lowest BCUT2D eigenvalue weighted by Gasteiger charge is -1.99. The van der Waals surface area contributed by atoms with E-state index in [1.807, 2.05) is 6.92 Å². The molecule has 3 aromatic rings. The van der Waals surface area contributed by atoms with Crippen LogP contribution in [0.5, 0.6) is 0 Å². The fourth-order valence-electron chi connectivity index (χ4n) is 2.59. The zero-order valence-corrected chi connectivity index (χ0v) is 17.8. The van der Waals surface area contributed by atoms with Crippen LogP contribution in [0.3, 0.4) is 0 Å². The van der Waals surface area contributed by atoms with Crippen LogP contribution in [0.4, 0.5) is 0 Å². The third-order valence-corrected chi connectivity index (χ3v) is 3.79. The fraction of sp³-hybridized carbons (Fsp3) is 0.389. The summed E-state index contributed by atoms with van der Waals surface area (Å²) in [5.41, 5.74) is 8.25. The van der Waals surface area contributed by atoms with Gasteiger partial charge in [-0.3, -0.25) is 14.2 Å². The van der Waals surface area contributed by atoms with Crippen LogP contribution in [-0.2, 0) is 18.8 Å². The van der Waals surface area contributed by atoms with Gasteiger partial charge in [-0.15, -0.1) is 12.4 Å². The maximum atomic E-state index is 11.6. The number of ketones is 1. The molecule has 0 atom stereocenters. The van der Waals surface area contributed by atoms with Crippen LogP contribution in [0.1, 0.15) is 39.2 Å². The van der Waals surface area contributed by atoms with Gasteiger partial charge in [0.15, 0.2) is 23.6 Å². The molecular weight excluding hydrogens is 400 g/mol. The second-order valence-electron chi connectivity index (χ2n) is 5.98. The van der Waals surface area contributed by atoms with Gasteiger partial charge in [0.05, 0.1) is 35.7 Å². The second-order valence-corrected chi connectivity index (χ2v) is 5.98. The summed E-state index contributed by atoms with van der Waals surface area (Å²) >= 11 is 0. The quantitative estimate of drug-likeness (QED) is 0.484. The van der Waals surface area contributed by atoms with E-state index in [9.17, 15) is 9.59 Å². The van der Waals surface area contributed by atoms with Crippen molar-refractivity contribution in [3.05, 3.63) is 41.4 Å². The molecule has 0 aliphatic carbocycles. The minimum absolute atomic E-state index is 0. The number of hydrogen-bond donors (Lipinski definition) is 1. The molecule has 0 radical (unpaired) electrons. The van der Waals surface area contributed by atoms with Gasteiger partial charge in [0.25, 0.3) is 0 Å². The van der Waals surface area contributed by atoms with Gasteiger partial charge in [0.1, 0.15) is 0 Å². The molecule has 29 heavy (non-hydrogen) atoms. The number of nitrogens with two attached hydrogens (primary N) is 1. The van der Waals surface area contributed by atoms with E-state index >= 15 is 0 Å². The third kappa shape index (κ3) is 5.75. The second kappa shape index (κ2) is 10.5. The van der Waals surface area contributed by atoms with Crippen molar-refractivity contribution in [3.8, 4) is 11.3 Å². The molecule has 0 saturated carbocycles. The molecule has 3 aromatic heterocycles.